The smallest absolute Gasteiger partial charge is 0.457 e. The van der Waals surface area contributed by atoms with E-state index in [1.807, 2.05) is 27.7 Å². The van der Waals surface area contributed by atoms with Crippen molar-refractivity contribution < 1.29 is 22.8 Å². The third-order valence-electron chi connectivity index (χ3n) is 4.51. The zero-order valence-electron chi connectivity index (χ0n) is 14.1. The van der Waals surface area contributed by atoms with Crippen molar-refractivity contribution in [3.8, 4) is 11.5 Å². The van der Waals surface area contributed by atoms with Crippen molar-refractivity contribution in [1.29, 1.82) is 0 Å². The Kier molecular flexibility index (Phi) is 4.14. The summed E-state index contributed by atoms with van der Waals surface area (Å²) in [6.07, 6.45) is 0. The van der Waals surface area contributed by atoms with E-state index >= 15 is 0 Å². The molecule has 126 valence electrons. The van der Waals surface area contributed by atoms with Gasteiger partial charge in [-0.1, -0.05) is 12.1 Å². The van der Waals surface area contributed by atoms with Crippen molar-refractivity contribution >= 4 is 12.6 Å². The van der Waals surface area contributed by atoms with Crippen LogP contribution in [0.25, 0.3) is 0 Å². The molecule has 2 aromatic rings. The molecule has 1 heterocycles. The van der Waals surface area contributed by atoms with Crippen LogP contribution in [-0.4, -0.2) is 18.3 Å². The Bertz CT molecular complexity index is 746. The monoisotopic (exact) mass is 332 g/mol. The molecule has 0 saturated carbocycles. The van der Waals surface area contributed by atoms with Crippen LogP contribution >= 0.6 is 0 Å². The van der Waals surface area contributed by atoms with Gasteiger partial charge in [0, 0.05) is 17.6 Å². The van der Waals surface area contributed by atoms with Crippen LogP contribution in [0.1, 0.15) is 27.7 Å². The summed E-state index contributed by atoms with van der Waals surface area (Å²) >= 11 is 0. The first-order valence-corrected chi connectivity index (χ1v) is 7.76. The van der Waals surface area contributed by atoms with Gasteiger partial charge >= 0.3 is 7.12 Å². The highest BCUT2D eigenvalue weighted by molar-refractivity contribution is 6.62. The molecule has 6 heteroatoms. The lowest BCUT2D eigenvalue weighted by Gasteiger charge is -2.32. The first kappa shape index (κ1) is 16.9. The Balaban J connectivity index is 1.81. The molecular weight excluding hydrogens is 313 g/mol. The minimum absolute atomic E-state index is 0.276. The second-order valence-corrected chi connectivity index (χ2v) is 6.83. The van der Waals surface area contributed by atoms with E-state index in [1.165, 1.54) is 24.3 Å². The summed E-state index contributed by atoms with van der Waals surface area (Å²) in [5.41, 5.74) is -0.776. The molecule has 3 rings (SSSR count). The molecule has 1 aliphatic rings. The molecule has 0 unspecified atom stereocenters. The highest BCUT2D eigenvalue weighted by atomic mass is 19.1. The van der Waals surface area contributed by atoms with Gasteiger partial charge < -0.3 is 14.0 Å². The van der Waals surface area contributed by atoms with Gasteiger partial charge in [0.1, 0.15) is 23.1 Å². The minimum atomic E-state index is -0.779. The summed E-state index contributed by atoms with van der Waals surface area (Å²) in [6.45, 7) is 7.64. The van der Waals surface area contributed by atoms with Crippen molar-refractivity contribution in [3.05, 3.63) is 54.1 Å². The maximum Gasteiger partial charge on any atom is 0.497 e. The van der Waals surface area contributed by atoms with E-state index in [9.17, 15) is 8.78 Å². The van der Waals surface area contributed by atoms with Crippen LogP contribution in [0.4, 0.5) is 8.78 Å². The normalized spacial score (nSPS) is 18.7. The minimum Gasteiger partial charge on any atom is -0.457 e. The number of benzene rings is 2. The van der Waals surface area contributed by atoms with Gasteiger partial charge in [0.05, 0.1) is 11.2 Å². The van der Waals surface area contributed by atoms with Gasteiger partial charge in [-0.15, -0.1) is 0 Å². The predicted molar refractivity (Wildman–Crippen MR) is 88.6 cm³/mol. The molecule has 1 aliphatic heterocycles. The van der Waals surface area contributed by atoms with Crippen LogP contribution in [0.5, 0.6) is 11.5 Å². The summed E-state index contributed by atoms with van der Waals surface area (Å²) in [7, 11) is -0.779. The van der Waals surface area contributed by atoms with Crippen molar-refractivity contribution in [3.63, 3.8) is 0 Å². The SMILES string of the molecule is CC1(C)OB(c2ccc(Oc3cccc(F)c3)cc2F)OC1(C)C. The van der Waals surface area contributed by atoms with Crippen molar-refractivity contribution in [2.75, 3.05) is 0 Å². The van der Waals surface area contributed by atoms with E-state index in [-0.39, 0.29) is 5.75 Å². The lowest BCUT2D eigenvalue weighted by Crippen LogP contribution is -2.41. The Morgan fingerprint density at radius 3 is 2.08 bits per heavy atom. The second-order valence-electron chi connectivity index (χ2n) is 6.83. The quantitative estimate of drug-likeness (QED) is 0.794. The molecule has 2 aromatic carbocycles. The van der Waals surface area contributed by atoms with Crippen LogP contribution in [0.3, 0.4) is 0 Å². The standard InChI is InChI=1S/C18H19BF2O3/c1-17(2)18(3,4)24-19(23-17)15-9-8-14(11-16(15)21)22-13-7-5-6-12(20)10-13/h5-11H,1-4H3. The molecule has 0 amide bonds. The maximum absolute atomic E-state index is 14.5. The van der Waals surface area contributed by atoms with Crippen LogP contribution < -0.4 is 10.2 Å². The molecule has 0 bridgehead atoms. The highest BCUT2D eigenvalue weighted by Gasteiger charge is 2.52. The molecule has 0 spiro atoms. The summed E-state index contributed by atoms with van der Waals surface area (Å²) in [6, 6.07) is 10.1. The number of rotatable bonds is 3. The zero-order chi connectivity index (χ0) is 17.5. The van der Waals surface area contributed by atoms with Crippen LogP contribution in [0.15, 0.2) is 42.5 Å². The number of ether oxygens (including phenoxy) is 1. The van der Waals surface area contributed by atoms with Crippen LogP contribution in [0, 0.1) is 11.6 Å². The molecule has 0 N–H and O–H groups in total. The average molecular weight is 332 g/mol. The summed E-state index contributed by atoms with van der Waals surface area (Å²) in [5.74, 6) is -0.333. The number of hydrogen-bond acceptors (Lipinski definition) is 3. The topological polar surface area (TPSA) is 27.7 Å². The molecular formula is C18H19BF2O3. The molecule has 3 nitrogen and oxygen atoms in total. The van der Waals surface area contributed by atoms with Gasteiger partial charge in [0.15, 0.2) is 0 Å². The van der Waals surface area contributed by atoms with E-state index in [2.05, 4.69) is 0 Å². The van der Waals surface area contributed by atoms with Gasteiger partial charge in [-0.3, -0.25) is 0 Å². The van der Waals surface area contributed by atoms with Gasteiger partial charge in [0.25, 0.3) is 0 Å². The van der Waals surface area contributed by atoms with E-state index < -0.39 is 30.0 Å². The van der Waals surface area contributed by atoms with Crippen LogP contribution in [-0.2, 0) is 9.31 Å². The van der Waals surface area contributed by atoms with Crippen molar-refractivity contribution in [2.24, 2.45) is 0 Å². The Labute approximate surface area is 140 Å². The van der Waals surface area contributed by atoms with Gasteiger partial charge in [-0.25, -0.2) is 8.78 Å². The van der Waals surface area contributed by atoms with Crippen molar-refractivity contribution in [1.82, 2.24) is 0 Å². The summed E-state index contributed by atoms with van der Waals surface area (Å²) in [4.78, 5) is 0. The largest absolute Gasteiger partial charge is 0.497 e. The van der Waals surface area contributed by atoms with E-state index in [0.29, 0.717) is 11.2 Å². The highest BCUT2D eigenvalue weighted by Crippen LogP contribution is 2.36. The molecule has 1 saturated heterocycles. The fraction of sp³-hybridized carbons (Fsp3) is 0.333. The van der Waals surface area contributed by atoms with Gasteiger partial charge in [0.2, 0.25) is 0 Å². The first-order valence-electron chi connectivity index (χ1n) is 7.76. The zero-order valence-corrected chi connectivity index (χ0v) is 14.1. The van der Waals surface area contributed by atoms with Gasteiger partial charge in [-0.2, -0.15) is 0 Å². The molecule has 0 radical (unpaired) electrons. The van der Waals surface area contributed by atoms with Crippen molar-refractivity contribution in [2.45, 2.75) is 38.9 Å². The molecule has 0 aliphatic carbocycles. The fourth-order valence-corrected chi connectivity index (χ4v) is 2.40. The van der Waals surface area contributed by atoms with E-state index in [0.717, 1.165) is 0 Å². The molecule has 0 aromatic heterocycles. The third kappa shape index (κ3) is 3.16. The first-order chi connectivity index (χ1) is 11.2. The molecule has 0 atom stereocenters. The molecule has 24 heavy (non-hydrogen) atoms. The molecule has 1 fully saturated rings. The Morgan fingerprint density at radius 2 is 1.50 bits per heavy atom. The Hall–Kier alpha value is -1.92. The summed E-state index contributed by atoms with van der Waals surface area (Å²) < 4.78 is 44.8. The summed E-state index contributed by atoms with van der Waals surface area (Å²) in [5, 5.41) is 0. The van der Waals surface area contributed by atoms with Gasteiger partial charge in [-0.05, 0) is 45.9 Å². The lowest BCUT2D eigenvalue weighted by atomic mass is 9.78. The lowest BCUT2D eigenvalue weighted by molar-refractivity contribution is 0.00578. The number of hydrogen-bond donors (Lipinski definition) is 0. The van der Waals surface area contributed by atoms with E-state index in [4.69, 9.17) is 14.0 Å². The van der Waals surface area contributed by atoms with Crippen LogP contribution in [0.2, 0.25) is 0 Å². The average Bonchev–Trinajstić information content (AvgIpc) is 2.67. The van der Waals surface area contributed by atoms with E-state index in [1.54, 1.807) is 18.2 Å². The number of halogens is 2. The predicted octanol–water partition coefficient (Wildman–Crippen LogP) is 4.06. The maximum atomic E-state index is 14.5. The second kappa shape index (κ2) is 5.86. The third-order valence-corrected chi connectivity index (χ3v) is 4.51. The fourth-order valence-electron chi connectivity index (χ4n) is 2.40. The Morgan fingerprint density at radius 1 is 0.875 bits per heavy atom.